The molecule has 0 atom stereocenters. The lowest BCUT2D eigenvalue weighted by Crippen LogP contribution is -1.93. The van der Waals surface area contributed by atoms with Crippen molar-refractivity contribution in [1.82, 2.24) is 0 Å². The summed E-state index contributed by atoms with van der Waals surface area (Å²) in [6, 6.07) is 12.4. The summed E-state index contributed by atoms with van der Waals surface area (Å²) < 4.78 is 21.4. The summed E-state index contributed by atoms with van der Waals surface area (Å²) in [6.07, 6.45) is 0. The van der Waals surface area contributed by atoms with E-state index >= 15 is 0 Å². The van der Waals surface area contributed by atoms with E-state index in [0.717, 1.165) is 0 Å². The summed E-state index contributed by atoms with van der Waals surface area (Å²) in [4.78, 5) is 0. The maximum atomic E-state index is 9.10. The second-order valence-electron chi connectivity index (χ2n) is 4.09. The Morgan fingerprint density at radius 2 is 1.85 bits per heavy atom. The zero-order chi connectivity index (χ0) is 13.9. The second kappa shape index (κ2) is 5.02. The molecule has 1 aliphatic heterocycles. The first-order valence-electron chi connectivity index (χ1n) is 5.96. The Balaban J connectivity index is 1.92. The van der Waals surface area contributed by atoms with Gasteiger partial charge in [-0.05, 0) is 24.3 Å². The molecule has 2 aromatic rings. The number of methoxy groups -OCH3 is 1. The highest BCUT2D eigenvalue weighted by Crippen LogP contribution is 2.37. The van der Waals surface area contributed by atoms with Crippen LogP contribution in [0.25, 0.3) is 0 Å². The molecule has 3 rings (SSSR count). The van der Waals surface area contributed by atoms with E-state index in [4.69, 9.17) is 24.2 Å². The van der Waals surface area contributed by atoms with Gasteiger partial charge in [0.2, 0.25) is 6.79 Å². The molecule has 0 spiro atoms. The Labute approximate surface area is 115 Å². The molecule has 5 heteroatoms. The van der Waals surface area contributed by atoms with Gasteiger partial charge < -0.3 is 18.9 Å². The summed E-state index contributed by atoms with van der Waals surface area (Å²) in [7, 11) is 1.56. The Kier molecular flexibility index (Phi) is 3.05. The topological polar surface area (TPSA) is 60.7 Å². The van der Waals surface area contributed by atoms with Crippen LogP contribution in [-0.4, -0.2) is 13.9 Å². The van der Waals surface area contributed by atoms with E-state index < -0.39 is 0 Å². The van der Waals surface area contributed by atoms with E-state index in [1.54, 1.807) is 43.5 Å². The fourth-order valence-corrected chi connectivity index (χ4v) is 1.87. The Morgan fingerprint density at radius 3 is 2.65 bits per heavy atom. The molecule has 1 aliphatic rings. The quantitative estimate of drug-likeness (QED) is 0.856. The molecule has 0 bridgehead atoms. The van der Waals surface area contributed by atoms with Crippen LogP contribution in [0, 0.1) is 11.3 Å². The van der Waals surface area contributed by atoms with Gasteiger partial charge in [-0.25, -0.2) is 0 Å². The van der Waals surface area contributed by atoms with Crippen molar-refractivity contribution in [1.29, 1.82) is 5.26 Å². The molecule has 20 heavy (non-hydrogen) atoms. The van der Waals surface area contributed by atoms with E-state index in [1.165, 1.54) is 0 Å². The van der Waals surface area contributed by atoms with Crippen LogP contribution < -0.4 is 18.9 Å². The minimum absolute atomic E-state index is 0.210. The largest absolute Gasteiger partial charge is 0.497 e. The van der Waals surface area contributed by atoms with Gasteiger partial charge in [-0.2, -0.15) is 5.26 Å². The highest BCUT2D eigenvalue weighted by Gasteiger charge is 2.15. The van der Waals surface area contributed by atoms with E-state index in [2.05, 4.69) is 6.07 Å². The molecule has 0 saturated carbocycles. The number of rotatable bonds is 3. The van der Waals surface area contributed by atoms with Crippen molar-refractivity contribution in [3.63, 3.8) is 0 Å². The third-order valence-corrected chi connectivity index (χ3v) is 2.88. The number of fused-ring (bicyclic) bond motifs is 1. The molecule has 0 N–H and O–H groups in total. The first kappa shape index (κ1) is 12.2. The van der Waals surface area contributed by atoms with Gasteiger partial charge in [-0.15, -0.1) is 0 Å². The third-order valence-electron chi connectivity index (χ3n) is 2.88. The maximum absolute atomic E-state index is 9.10. The van der Waals surface area contributed by atoms with Crippen LogP contribution in [0.2, 0.25) is 0 Å². The van der Waals surface area contributed by atoms with Crippen LogP contribution in [0.3, 0.4) is 0 Å². The standard InChI is InChI=1S/C15H11NO4/c1-17-11-3-2-10(8-16)14(6-11)20-12-4-5-13-15(7-12)19-9-18-13/h2-7H,9H2,1H3. The van der Waals surface area contributed by atoms with Crippen LogP contribution in [0.4, 0.5) is 0 Å². The molecule has 5 nitrogen and oxygen atoms in total. The lowest BCUT2D eigenvalue weighted by molar-refractivity contribution is 0.174. The van der Waals surface area contributed by atoms with Gasteiger partial charge in [0.05, 0.1) is 12.7 Å². The van der Waals surface area contributed by atoms with Gasteiger partial charge in [0.25, 0.3) is 0 Å². The first-order valence-corrected chi connectivity index (χ1v) is 5.96. The third kappa shape index (κ3) is 2.19. The average Bonchev–Trinajstić information content (AvgIpc) is 2.94. The van der Waals surface area contributed by atoms with Crippen molar-refractivity contribution < 1.29 is 18.9 Å². The van der Waals surface area contributed by atoms with Gasteiger partial charge in [0.1, 0.15) is 23.3 Å². The molecule has 0 amide bonds. The molecule has 1 heterocycles. The molecule has 2 aromatic carbocycles. The zero-order valence-corrected chi connectivity index (χ0v) is 10.8. The lowest BCUT2D eigenvalue weighted by Gasteiger charge is -2.09. The Bertz CT molecular complexity index is 691. The van der Waals surface area contributed by atoms with Crippen LogP contribution >= 0.6 is 0 Å². The molecular formula is C15H11NO4. The monoisotopic (exact) mass is 269 g/mol. The summed E-state index contributed by atoms with van der Waals surface area (Å²) in [6.45, 7) is 0.210. The second-order valence-corrected chi connectivity index (χ2v) is 4.09. The maximum Gasteiger partial charge on any atom is 0.231 e. The van der Waals surface area contributed by atoms with Gasteiger partial charge >= 0.3 is 0 Å². The SMILES string of the molecule is COc1ccc(C#N)c(Oc2ccc3c(c2)OCO3)c1. The summed E-state index contributed by atoms with van der Waals surface area (Å²) in [5.41, 5.74) is 0.434. The van der Waals surface area contributed by atoms with Crippen LogP contribution in [0.1, 0.15) is 5.56 Å². The van der Waals surface area contributed by atoms with Gasteiger partial charge in [0, 0.05) is 12.1 Å². The Morgan fingerprint density at radius 1 is 1.05 bits per heavy atom. The van der Waals surface area contributed by atoms with Crippen LogP contribution in [0.15, 0.2) is 36.4 Å². The fraction of sp³-hybridized carbons (Fsp3) is 0.133. The van der Waals surface area contributed by atoms with Gasteiger partial charge in [-0.3, -0.25) is 0 Å². The normalized spacial score (nSPS) is 11.8. The number of ether oxygens (including phenoxy) is 4. The molecule has 0 fully saturated rings. The fourth-order valence-electron chi connectivity index (χ4n) is 1.87. The zero-order valence-electron chi connectivity index (χ0n) is 10.8. The van der Waals surface area contributed by atoms with Crippen LogP contribution in [-0.2, 0) is 0 Å². The van der Waals surface area contributed by atoms with E-state index in [-0.39, 0.29) is 6.79 Å². The van der Waals surface area contributed by atoms with Gasteiger partial charge in [0.15, 0.2) is 11.5 Å². The highest BCUT2D eigenvalue weighted by atomic mass is 16.7. The number of nitrogens with zero attached hydrogens (tertiary/aromatic N) is 1. The summed E-state index contributed by atoms with van der Waals surface area (Å²) >= 11 is 0. The smallest absolute Gasteiger partial charge is 0.231 e. The van der Waals surface area contributed by atoms with E-state index in [0.29, 0.717) is 34.3 Å². The predicted molar refractivity (Wildman–Crippen MR) is 70.3 cm³/mol. The van der Waals surface area contributed by atoms with Gasteiger partial charge in [-0.1, -0.05) is 0 Å². The minimum atomic E-state index is 0.210. The lowest BCUT2D eigenvalue weighted by atomic mass is 10.2. The molecule has 0 aliphatic carbocycles. The van der Waals surface area contributed by atoms with Crippen molar-refractivity contribution in [2.45, 2.75) is 0 Å². The number of hydrogen-bond donors (Lipinski definition) is 0. The molecule has 0 radical (unpaired) electrons. The molecular weight excluding hydrogens is 258 g/mol. The molecule has 0 unspecified atom stereocenters. The average molecular weight is 269 g/mol. The van der Waals surface area contributed by atoms with Crippen molar-refractivity contribution >= 4 is 0 Å². The van der Waals surface area contributed by atoms with Crippen molar-refractivity contribution in [2.75, 3.05) is 13.9 Å². The van der Waals surface area contributed by atoms with Crippen molar-refractivity contribution in [3.8, 4) is 34.8 Å². The number of hydrogen-bond acceptors (Lipinski definition) is 5. The first-order chi connectivity index (χ1) is 9.80. The Hall–Kier alpha value is -2.87. The number of nitriles is 1. The van der Waals surface area contributed by atoms with Crippen molar-refractivity contribution in [2.24, 2.45) is 0 Å². The van der Waals surface area contributed by atoms with E-state index in [1.807, 2.05) is 0 Å². The summed E-state index contributed by atoms with van der Waals surface area (Å²) in [5.74, 6) is 2.94. The van der Waals surface area contributed by atoms with Crippen molar-refractivity contribution in [3.05, 3.63) is 42.0 Å². The molecule has 0 aromatic heterocycles. The number of benzene rings is 2. The van der Waals surface area contributed by atoms with Crippen LogP contribution in [0.5, 0.6) is 28.7 Å². The summed E-state index contributed by atoms with van der Waals surface area (Å²) in [5, 5.41) is 9.10. The predicted octanol–water partition coefficient (Wildman–Crippen LogP) is 3.09. The molecule has 100 valence electrons. The molecule has 0 saturated heterocycles. The highest BCUT2D eigenvalue weighted by molar-refractivity contribution is 5.52. The van der Waals surface area contributed by atoms with E-state index in [9.17, 15) is 0 Å². The minimum Gasteiger partial charge on any atom is -0.497 e.